The Labute approximate surface area is 89.7 Å². The van der Waals surface area contributed by atoms with E-state index < -0.39 is 0 Å². The molecule has 15 heavy (non-hydrogen) atoms. The lowest BCUT2D eigenvalue weighted by Crippen LogP contribution is -2.00. The summed E-state index contributed by atoms with van der Waals surface area (Å²) in [5, 5.41) is 1.25. The van der Waals surface area contributed by atoms with E-state index in [1.54, 1.807) is 0 Å². The molecule has 2 aromatic rings. The number of aromatic nitrogens is 1. The molecule has 2 atom stereocenters. The van der Waals surface area contributed by atoms with Crippen LogP contribution in [0, 0.1) is 11.8 Å². The summed E-state index contributed by atoms with van der Waals surface area (Å²) in [4.78, 5) is 0. The van der Waals surface area contributed by atoms with Gasteiger partial charge in [-0.05, 0) is 30.4 Å². The summed E-state index contributed by atoms with van der Waals surface area (Å²) in [7, 11) is 0. The number of hydrogen-bond donors (Lipinski definition) is 1. The molecule has 78 valence electrons. The zero-order valence-electron chi connectivity index (χ0n) is 8.98. The molecule has 3 rings (SSSR count). The van der Waals surface area contributed by atoms with Crippen molar-refractivity contribution < 1.29 is 0 Å². The lowest BCUT2D eigenvalue weighted by Gasteiger charge is -2.06. The Morgan fingerprint density at radius 1 is 1.40 bits per heavy atom. The first-order valence-corrected chi connectivity index (χ1v) is 5.59. The van der Waals surface area contributed by atoms with Crippen LogP contribution in [0.3, 0.4) is 0 Å². The van der Waals surface area contributed by atoms with Crippen LogP contribution in [0.4, 0.5) is 5.69 Å². The maximum Gasteiger partial charge on any atom is 0.0713 e. The van der Waals surface area contributed by atoms with Crippen molar-refractivity contribution in [2.24, 2.45) is 11.8 Å². The molecule has 1 aromatic carbocycles. The van der Waals surface area contributed by atoms with E-state index in [1.807, 2.05) is 12.1 Å². The number of benzene rings is 1. The van der Waals surface area contributed by atoms with Gasteiger partial charge in [0.1, 0.15) is 0 Å². The SMILES string of the molecule is CC1CC1Cn1ccc2cccc(N)c21. The average molecular weight is 200 g/mol. The minimum atomic E-state index is 0.861. The highest BCUT2D eigenvalue weighted by Crippen LogP contribution is 2.39. The van der Waals surface area contributed by atoms with Crippen LogP contribution in [0.15, 0.2) is 30.5 Å². The molecule has 2 nitrogen and oxygen atoms in total. The molecule has 1 aromatic heterocycles. The third-order valence-corrected chi connectivity index (χ3v) is 3.53. The van der Waals surface area contributed by atoms with E-state index in [0.29, 0.717) is 0 Å². The fourth-order valence-electron chi connectivity index (χ4n) is 2.35. The van der Waals surface area contributed by atoms with Crippen LogP contribution in [0.5, 0.6) is 0 Å². The molecule has 2 heteroatoms. The molecule has 2 unspecified atom stereocenters. The highest BCUT2D eigenvalue weighted by Gasteiger charge is 2.32. The van der Waals surface area contributed by atoms with E-state index >= 15 is 0 Å². The standard InChI is InChI=1S/C13H16N2/c1-9-7-11(9)8-15-6-5-10-3-2-4-12(14)13(10)15/h2-6,9,11H,7-8,14H2,1H3. The summed E-state index contributed by atoms with van der Waals surface area (Å²) in [6, 6.07) is 8.27. The summed E-state index contributed by atoms with van der Waals surface area (Å²) < 4.78 is 2.30. The highest BCUT2D eigenvalue weighted by atomic mass is 15.0. The topological polar surface area (TPSA) is 30.9 Å². The first-order valence-electron chi connectivity index (χ1n) is 5.59. The van der Waals surface area contributed by atoms with Gasteiger partial charge in [0, 0.05) is 18.1 Å². The van der Waals surface area contributed by atoms with Crippen molar-refractivity contribution in [2.45, 2.75) is 19.9 Å². The lowest BCUT2D eigenvalue weighted by molar-refractivity contribution is 0.610. The Morgan fingerprint density at radius 2 is 2.20 bits per heavy atom. The fourth-order valence-corrected chi connectivity index (χ4v) is 2.35. The smallest absolute Gasteiger partial charge is 0.0713 e. The minimum Gasteiger partial charge on any atom is -0.397 e. The predicted molar refractivity (Wildman–Crippen MR) is 63.6 cm³/mol. The quantitative estimate of drug-likeness (QED) is 0.742. The van der Waals surface area contributed by atoms with Gasteiger partial charge in [0.2, 0.25) is 0 Å². The number of fused-ring (bicyclic) bond motifs is 1. The van der Waals surface area contributed by atoms with Gasteiger partial charge < -0.3 is 10.3 Å². The average Bonchev–Trinajstić information content (AvgIpc) is 2.75. The molecule has 2 N–H and O–H groups in total. The zero-order valence-corrected chi connectivity index (χ0v) is 8.98. The number of anilines is 1. The Hall–Kier alpha value is -1.44. The van der Waals surface area contributed by atoms with Crippen LogP contribution in [-0.2, 0) is 6.54 Å². The van der Waals surface area contributed by atoms with Crippen LogP contribution in [0.2, 0.25) is 0 Å². The zero-order chi connectivity index (χ0) is 10.4. The van der Waals surface area contributed by atoms with E-state index in [0.717, 1.165) is 24.1 Å². The maximum atomic E-state index is 6.01. The van der Waals surface area contributed by atoms with Crippen LogP contribution in [0.1, 0.15) is 13.3 Å². The number of nitrogen functional groups attached to an aromatic ring is 1. The second-order valence-corrected chi connectivity index (χ2v) is 4.73. The molecule has 0 spiro atoms. The molecule has 1 heterocycles. The molecule has 0 aliphatic heterocycles. The van der Waals surface area contributed by atoms with Gasteiger partial charge in [0.25, 0.3) is 0 Å². The Morgan fingerprint density at radius 3 is 2.93 bits per heavy atom. The van der Waals surface area contributed by atoms with Gasteiger partial charge in [-0.15, -0.1) is 0 Å². The second-order valence-electron chi connectivity index (χ2n) is 4.73. The second kappa shape index (κ2) is 3.02. The van der Waals surface area contributed by atoms with Gasteiger partial charge in [-0.1, -0.05) is 19.1 Å². The van der Waals surface area contributed by atoms with Crippen molar-refractivity contribution in [3.05, 3.63) is 30.5 Å². The van der Waals surface area contributed by atoms with Crippen LogP contribution >= 0.6 is 0 Å². The summed E-state index contributed by atoms with van der Waals surface area (Å²) in [6.45, 7) is 3.44. The van der Waals surface area contributed by atoms with Crippen LogP contribution in [0.25, 0.3) is 10.9 Å². The summed E-state index contributed by atoms with van der Waals surface area (Å²) >= 11 is 0. The fraction of sp³-hybridized carbons (Fsp3) is 0.385. The summed E-state index contributed by atoms with van der Waals surface area (Å²) in [5.74, 6) is 1.76. The molecular weight excluding hydrogens is 184 g/mol. The summed E-state index contributed by atoms with van der Waals surface area (Å²) in [5.41, 5.74) is 8.11. The van der Waals surface area contributed by atoms with Crippen molar-refractivity contribution in [3.8, 4) is 0 Å². The van der Waals surface area contributed by atoms with E-state index in [2.05, 4.69) is 29.8 Å². The number of hydrogen-bond acceptors (Lipinski definition) is 1. The number of para-hydroxylation sites is 1. The van der Waals surface area contributed by atoms with Crippen molar-refractivity contribution in [1.29, 1.82) is 0 Å². The number of nitrogens with two attached hydrogens (primary N) is 1. The van der Waals surface area contributed by atoms with Gasteiger partial charge in [0.15, 0.2) is 0 Å². The van der Waals surface area contributed by atoms with Crippen molar-refractivity contribution in [3.63, 3.8) is 0 Å². The van der Waals surface area contributed by atoms with Gasteiger partial charge in [-0.3, -0.25) is 0 Å². The van der Waals surface area contributed by atoms with Crippen molar-refractivity contribution >= 4 is 16.6 Å². The lowest BCUT2D eigenvalue weighted by atomic mass is 10.2. The largest absolute Gasteiger partial charge is 0.397 e. The third kappa shape index (κ3) is 1.41. The van der Waals surface area contributed by atoms with Crippen molar-refractivity contribution in [2.75, 3.05) is 5.73 Å². The van der Waals surface area contributed by atoms with E-state index in [4.69, 9.17) is 5.73 Å². The highest BCUT2D eigenvalue weighted by molar-refractivity contribution is 5.90. The van der Waals surface area contributed by atoms with Crippen LogP contribution in [-0.4, -0.2) is 4.57 Å². The van der Waals surface area contributed by atoms with E-state index in [1.165, 1.54) is 17.3 Å². The van der Waals surface area contributed by atoms with Gasteiger partial charge in [-0.2, -0.15) is 0 Å². The molecule has 0 radical (unpaired) electrons. The molecule has 1 aliphatic carbocycles. The maximum absolute atomic E-state index is 6.01. The third-order valence-electron chi connectivity index (χ3n) is 3.53. The molecule has 0 saturated heterocycles. The van der Waals surface area contributed by atoms with E-state index in [9.17, 15) is 0 Å². The molecular formula is C13H16N2. The minimum absolute atomic E-state index is 0.861. The van der Waals surface area contributed by atoms with Gasteiger partial charge >= 0.3 is 0 Å². The Bertz CT molecular complexity index is 498. The Balaban J connectivity index is 2.03. The normalized spacial score (nSPS) is 24.6. The molecule has 1 aliphatic rings. The Kier molecular flexibility index (Phi) is 1.78. The molecule has 0 bridgehead atoms. The van der Waals surface area contributed by atoms with Crippen molar-refractivity contribution in [1.82, 2.24) is 4.57 Å². The number of nitrogens with zero attached hydrogens (tertiary/aromatic N) is 1. The molecule has 1 saturated carbocycles. The summed E-state index contributed by atoms with van der Waals surface area (Å²) in [6.07, 6.45) is 3.53. The van der Waals surface area contributed by atoms with Crippen LogP contribution < -0.4 is 5.73 Å². The monoisotopic (exact) mass is 200 g/mol. The van der Waals surface area contributed by atoms with Gasteiger partial charge in [0.05, 0.1) is 11.2 Å². The molecule has 0 amide bonds. The molecule has 1 fully saturated rings. The predicted octanol–water partition coefficient (Wildman–Crippen LogP) is 2.88. The van der Waals surface area contributed by atoms with E-state index in [-0.39, 0.29) is 0 Å². The van der Waals surface area contributed by atoms with Gasteiger partial charge in [-0.25, -0.2) is 0 Å². The first-order chi connectivity index (χ1) is 7.25. The number of rotatable bonds is 2. The first kappa shape index (κ1) is 8.84.